The largest absolute Gasteiger partial charge is 0.394 e. The van der Waals surface area contributed by atoms with Crippen LogP contribution in [0.25, 0.3) is 0 Å². The summed E-state index contributed by atoms with van der Waals surface area (Å²) in [5.41, 5.74) is 3.42. The predicted molar refractivity (Wildman–Crippen MR) is 90.1 cm³/mol. The zero-order valence-electron chi connectivity index (χ0n) is 14.9. The Balaban J connectivity index is 2.00. The van der Waals surface area contributed by atoms with E-state index in [1.165, 1.54) is 5.56 Å². The summed E-state index contributed by atoms with van der Waals surface area (Å²) in [5.74, 6) is 0.331. The summed E-state index contributed by atoms with van der Waals surface area (Å²) in [6, 6.07) is 0. The van der Waals surface area contributed by atoms with Gasteiger partial charge in [-0.2, -0.15) is 5.10 Å². The van der Waals surface area contributed by atoms with Crippen LogP contribution in [-0.4, -0.2) is 63.4 Å². The number of aliphatic hydroxyl groups is 1. The molecule has 0 spiro atoms. The molecule has 1 amide bonds. The number of amides is 1. The molecule has 0 atom stereocenters. The van der Waals surface area contributed by atoms with Gasteiger partial charge in [-0.1, -0.05) is 13.8 Å². The number of rotatable bonds is 5. The van der Waals surface area contributed by atoms with E-state index in [1.807, 2.05) is 30.4 Å². The van der Waals surface area contributed by atoms with Crippen LogP contribution in [0.3, 0.4) is 0 Å². The molecular formula is C17H30N4O2. The molecule has 1 aliphatic rings. The van der Waals surface area contributed by atoms with Gasteiger partial charge in [-0.15, -0.1) is 0 Å². The van der Waals surface area contributed by atoms with Crippen LogP contribution in [0.4, 0.5) is 0 Å². The number of aliphatic hydroxyl groups excluding tert-OH is 1. The quantitative estimate of drug-likeness (QED) is 0.884. The lowest BCUT2D eigenvalue weighted by Gasteiger charge is -2.23. The second-order valence-electron chi connectivity index (χ2n) is 6.71. The average molecular weight is 322 g/mol. The van der Waals surface area contributed by atoms with Crippen molar-refractivity contribution in [1.82, 2.24) is 19.6 Å². The number of carbonyl (C=O) groups excluding carboxylic acids is 1. The highest BCUT2D eigenvalue weighted by Crippen LogP contribution is 2.17. The molecule has 0 aliphatic carbocycles. The van der Waals surface area contributed by atoms with Gasteiger partial charge in [0.25, 0.3) is 0 Å². The third kappa shape index (κ3) is 4.32. The Kier molecular flexibility index (Phi) is 6.18. The molecule has 23 heavy (non-hydrogen) atoms. The fourth-order valence-electron chi connectivity index (χ4n) is 3.21. The van der Waals surface area contributed by atoms with Crippen molar-refractivity contribution in [3.8, 4) is 0 Å². The lowest BCUT2D eigenvalue weighted by atomic mass is 10.2. The van der Waals surface area contributed by atoms with E-state index in [0.29, 0.717) is 6.54 Å². The molecule has 2 rings (SSSR count). The molecule has 1 aromatic rings. The smallest absolute Gasteiger partial charge is 0.225 e. The van der Waals surface area contributed by atoms with Crippen molar-refractivity contribution in [2.75, 3.05) is 32.8 Å². The summed E-state index contributed by atoms with van der Waals surface area (Å²) >= 11 is 0. The number of aromatic nitrogens is 2. The highest BCUT2D eigenvalue weighted by Gasteiger charge is 2.22. The van der Waals surface area contributed by atoms with E-state index in [-0.39, 0.29) is 18.4 Å². The van der Waals surface area contributed by atoms with Crippen LogP contribution >= 0.6 is 0 Å². The summed E-state index contributed by atoms with van der Waals surface area (Å²) in [4.78, 5) is 16.6. The Bertz CT molecular complexity index is 539. The Morgan fingerprint density at radius 2 is 1.96 bits per heavy atom. The Morgan fingerprint density at radius 1 is 1.22 bits per heavy atom. The summed E-state index contributed by atoms with van der Waals surface area (Å²) < 4.78 is 1.89. The molecule has 6 nitrogen and oxygen atoms in total. The SMILES string of the molecule is Cc1nn(CCO)c(C)c1CN1CCCN(C(=O)C(C)C)CC1. The molecule has 1 saturated heterocycles. The van der Waals surface area contributed by atoms with E-state index in [2.05, 4.69) is 16.9 Å². The molecule has 0 radical (unpaired) electrons. The summed E-state index contributed by atoms with van der Waals surface area (Å²) in [5, 5.41) is 13.6. The number of carbonyl (C=O) groups is 1. The van der Waals surface area contributed by atoms with Crippen LogP contribution in [0.2, 0.25) is 0 Å². The first kappa shape index (κ1) is 17.9. The minimum Gasteiger partial charge on any atom is -0.394 e. The molecule has 1 fully saturated rings. The molecule has 0 bridgehead atoms. The van der Waals surface area contributed by atoms with Crippen molar-refractivity contribution >= 4 is 5.91 Å². The van der Waals surface area contributed by atoms with E-state index < -0.39 is 0 Å². The van der Waals surface area contributed by atoms with E-state index in [9.17, 15) is 4.79 Å². The van der Waals surface area contributed by atoms with Gasteiger partial charge in [0.2, 0.25) is 5.91 Å². The minimum absolute atomic E-state index is 0.0720. The van der Waals surface area contributed by atoms with Gasteiger partial charge >= 0.3 is 0 Å². The van der Waals surface area contributed by atoms with Gasteiger partial charge in [-0.25, -0.2) is 0 Å². The summed E-state index contributed by atoms with van der Waals surface area (Å²) in [6.45, 7) is 13.1. The molecule has 0 aromatic carbocycles. The van der Waals surface area contributed by atoms with Gasteiger partial charge in [-0.3, -0.25) is 14.4 Å². The van der Waals surface area contributed by atoms with Crippen LogP contribution in [0.5, 0.6) is 0 Å². The molecule has 2 heterocycles. The van der Waals surface area contributed by atoms with Crippen molar-refractivity contribution < 1.29 is 9.90 Å². The van der Waals surface area contributed by atoms with E-state index in [1.54, 1.807) is 0 Å². The highest BCUT2D eigenvalue weighted by atomic mass is 16.3. The van der Waals surface area contributed by atoms with Gasteiger partial charge in [0.1, 0.15) is 0 Å². The fourth-order valence-corrected chi connectivity index (χ4v) is 3.21. The van der Waals surface area contributed by atoms with E-state index >= 15 is 0 Å². The lowest BCUT2D eigenvalue weighted by molar-refractivity contribution is -0.134. The molecule has 130 valence electrons. The second kappa shape index (κ2) is 7.93. The maximum atomic E-state index is 12.2. The van der Waals surface area contributed by atoms with Crippen LogP contribution in [0, 0.1) is 19.8 Å². The number of nitrogens with zero attached hydrogens (tertiary/aromatic N) is 4. The molecule has 1 aromatic heterocycles. The molecule has 0 saturated carbocycles. The molecular weight excluding hydrogens is 292 g/mol. The Labute approximate surface area is 139 Å². The first-order chi connectivity index (χ1) is 10.9. The Morgan fingerprint density at radius 3 is 2.61 bits per heavy atom. The van der Waals surface area contributed by atoms with Crippen LogP contribution in [0.15, 0.2) is 0 Å². The number of aryl methyl sites for hydroxylation is 1. The van der Waals surface area contributed by atoms with Crippen LogP contribution < -0.4 is 0 Å². The maximum absolute atomic E-state index is 12.2. The fraction of sp³-hybridized carbons (Fsp3) is 0.765. The molecule has 0 unspecified atom stereocenters. The molecule has 1 aliphatic heterocycles. The number of hydrogen-bond acceptors (Lipinski definition) is 4. The van der Waals surface area contributed by atoms with Gasteiger partial charge in [0.05, 0.1) is 18.8 Å². The van der Waals surface area contributed by atoms with E-state index in [4.69, 9.17) is 5.11 Å². The summed E-state index contributed by atoms with van der Waals surface area (Å²) in [6.07, 6.45) is 1.02. The van der Waals surface area contributed by atoms with Gasteiger partial charge < -0.3 is 10.0 Å². The average Bonchev–Trinajstić information content (AvgIpc) is 2.70. The van der Waals surface area contributed by atoms with Crippen molar-refractivity contribution in [2.45, 2.75) is 47.2 Å². The maximum Gasteiger partial charge on any atom is 0.225 e. The van der Waals surface area contributed by atoms with E-state index in [0.717, 1.165) is 50.5 Å². The minimum atomic E-state index is 0.0720. The standard InChI is InChI=1S/C17H30N4O2/c1-13(2)17(23)20-7-5-6-19(8-9-20)12-16-14(3)18-21(10-11-22)15(16)4/h13,22H,5-12H2,1-4H3. The molecule has 1 N–H and O–H groups in total. The number of hydrogen-bond donors (Lipinski definition) is 1. The third-order valence-corrected chi connectivity index (χ3v) is 4.62. The third-order valence-electron chi connectivity index (χ3n) is 4.62. The van der Waals surface area contributed by atoms with Crippen molar-refractivity contribution in [2.24, 2.45) is 5.92 Å². The van der Waals surface area contributed by atoms with Gasteiger partial charge in [-0.05, 0) is 20.3 Å². The zero-order valence-corrected chi connectivity index (χ0v) is 14.9. The van der Waals surface area contributed by atoms with Gasteiger partial charge in [0, 0.05) is 49.9 Å². The monoisotopic (exact) mass is 322 g/mol. The van der Waals surface area contributed by atoms with Crippen LogP contribution in [0.1, 0.15) is 37.2 Å². The zero-order chi connectivity index (χ0) is 17.0. The van der Waals surface area contributed by atoms with Crippen molar-refractivity contribution in [1.29, 1.82) is 0 Å². The second-order valence-corrected chi connectivity index (χ2v) is 6.71. The predicted octanol–water partition coefficient (Wildman–Crippen LogP) is 1.18. The first-order valence-corrected chi connectivity index (χ1v) is 8.59. The van der Waals surface area contributed by atoms with Crippen molar-refractivity contribution in [3.63, 3.8) is 0 Å². The molecule has 6 heteroatoms. The Hall–Kier alpha value is -1.40. The normalized spacial score (nSPS) is 16.9. The highest BCUT2D eigenvalue weighted by molar-refractivity contribution is 5.78. The summed E-state index contributed by atoms with van der Waals surface area (Å²) in [7, 11) is 0. The lowest BCUT2D eigenvalue weighted by Crippen LogP contribution is -2.37. The van der Waals surface area contributed by atoms with Gasteiger partial charge in [0.15, 0.2) is 0 Å². The first-order valence-electron chi connectivity index (χ1n) is 8.59. The van der Waals surface area contributed by atoms with Crippen molar-refractivity contribution in [3.05, 3.63) is 17.0 Å². The van der Waals surface area contributed by atoms with Crippen LogP contribution in [-0.2, 0) is 17.9 Å². The topological polar surface area (TPSA) is 61.6 Å².